The molecule has 1 rings (SSSR count). The second kappa shape index (κ2) is 8.97. The van der Waals surface area contributed by atoms with Crippen molar-refractivity contribution >= 4 is 0 Å². The van der Waals surface area contributed by atoms with Crippen LogP contribution in [0.25, 0.3) is 0 Å². The van der Waals surface area contributed by atoms with E-state index in [-0.39, 0.29) is 0 Å². The van der Waals surface area contributed by atoms with Crippen molar-refractivity contribution in [2.24, 2.45) is 11.3 Å². The minimum absolute atomic E-state index is 0.362. The van der Waals surface area contributed by atoms with Gasteiger partial charge in [0.1, 0.15) is 0 Å². The van der Waals surface area contributed by atoms with Crippen LogP contribution >= 0.6 is 0 Å². The summed E-state index contributed by atoms with van der Waals surface area (Å²) in [6.07, 6.45) is 4.84. The van der Waals surface area contributed by atoms with E-state index in [0.717, 1.165) is 25.9 Å². The molecule has 1 saturated heterocycles. The number of ether oxygens (including phenoxy) is 2. The van der Waals surface area contributed by atoms with E-state index in [0.29, 0.717) is 29.6 Å². The highest BCUT2D eigenvalue weighted by Gasteiger charge is 2.44. The molecule has 3 atom stereocenters. The van der Waals surface area contributed by atoms with Crippen molar-refractivity contribution in [2.45, 2.75) is 93.0 Å². The maximum absolute atomic E-state index is 5.84. The molecular formula is C17H36O2. The summed E-state index contributed by atoms with van der Waals surface area (Å²) in [4.78, 5) is 0. The van der Waals surface area contributed by atoms with Gasteiger partial charge in [-0.2, -0.15) is 0 Å². The third-order valence-electron chi connectivity index (χ3n) is 4.87. The minimum Gasteiger partial charge on any atom is -0.379 e. The number of hydrogen-bond donors (Lipinski definition) is 0. The van der Waals surface area contributed by atoms with Gasteiger partial charge in [0, 0.05) is 6.61 Å². The third-order valence-corrected chi connectivity index (χ3v) is 4.87. The Kier molecular flexibility index (Phi) is 8.93. The summed E-state index contributed by atoms with van der Waals surface area (Å²) in [5, 5.41) is 0. The second-order valence-electron chi connectivity index (χ2n) is 6.23. The molecule has 0 amide bonds. The van der Waals surface area contributed by atoms with Gasteiger partial charge in [0.2, 0.25) is 0 Å². The van der Waals surface area contributed by atoms with Gasteiger partial charge in [-0.1, -0.05) is 41.5 Å². The van der Waals surface area contributed by atoms with E-state index in [9.17, 15) is 0 Å². The zero-order valence-corrected chi connectivity index (χ0v) is 14.5. The first-order valence-electron chi connectivity index (χ1n) is 8.11. The number of rotatable bonds is 5. The lowest BCUT2D eigenvalue weighted by Crippen LogP contribution is -2.27. The average Bonchev–Trinajstić information content (AvgIpc) is 2.59. The maximum atomic E-state index is 5.84. The molecule has 2 heteroatoms. The maximum Gasteiger partial charge on any atom is 0.0608 e. The van der Waals surface area contributed by atoms with Gasteiger partial charge in [0.15, 0.2) is 0 Å². The molecule has 0 spiro atoms. The van der Waals surface area contributed by atoms with Crippen LogP contribution < -0.4 is 0 Å². The van der Waals surface area contributed by atoms with Gasteiger partial charge in [-0.3, -0.25) is 0 Å². The van der Waals surface area contributed by atoms with Crippen LogP contribution in [0.2, 0.25) is 0 Å². The summed E-state index contributed by atoms with van der Waals surface area (Å²) >= 11 is 0. The average molecular weight is 272 g/mol. The lowest BCUT2D eigenvalue weighted by atomic mass is 9.76. The largest absolute Gasteiger partial charge is 0.379 e. The molecule has 0 aromatic heterocycles. The molecule has 116 valence electrons. The molecule has 0 aliphatic carbocycles. The Morgan fingerprint density at radius 1 is 1.05 bits per heavy atom. The van der Waals surface area contributed by atoms with E-state index in [1.807, 2.05) is 6.92 Å². The fraction of sp³-hybridized carbons (Fsp3) is 1.00. The van der Waals surface area contributed by atoms with E-state index in [2.05, 4.69) is 48.5 Å². The minimum atomic E-state index is 0.362. The Bertz CT molecular complexity index is 221. The van der Waals surface area contributed by atoms with Crippen molar-refractivity contribution in [2.75, 3.05) is 6.61 Å². The van der Waals surface area contributed by atoms with E-state index in [1.54, 1.807) is 0 Å². The molecule has 1 heterocycles. The predicted molar refractivity (Wildman–Crippen MR) is 83.6 cm³/mol. The van der Waals surface area contributed by atoms with Crippen LogP contribution in [-0.2, 0) is 9.47 Å². The third kappa shape index (κ3) is 5.43. The molecule has 0 aromatic rings. The van der Waals surface area contributed by atoms with Crippen LogP contribution in [0.4, 0.5) is 0 Å². The molecule has 0 bridgehead atoms. The molecular weight excluding hydrogens is 236 g/mol. The van der Waals surface area contributed by atoms with Gasteiger partial charge in [-0.25, -0.2) is 0 Å². The van der Waals surface area contributed by atoms with Crippen LogP contribution in [0.5, 0.6) is 0 Å². The molecule has 0 radical (unpaired) electrons. The summed E-state index contributed by atoms with van der Waals surface area (Å²) in [6, 6.07) is 0. The highest BCUT2D eigenvalue weighted by molar-refractivity contribution is 4.91. The summed E-state index contributed by atoms with van der Waals surface area (Å²) in [7, 11) is 0. The first-order valence-corrected chi connectivity index (χ1v) is 8.11. The van der Waals surface area contributed by atoms with Gasteiger partial charge in [0.05, 0.1) is 18.3 Å². The number of hydrogen-bond acceptors (Lipinski definition) is 2. The van der Waals surface area contributed by atoms with Crippen LogP contribution in [0.3, 0.4) is 0 Å². The van der Waals surface area contributed by atoms with Gasteiger partial charge < -0.3 is 9.47 Å². The quantitative estimate of drug-likeness (QED) is 0.696. The van der Waals surface area contributed by atoms with Crippen molar-refractivity contribution in [3.63, 3.8) is 0 Å². The topological polar surface area (TPSA) is 18.5 Å². The first kappa shape index (κ1) is 18.9. The summed E-state index contributed by atoms with van der Waals surface area (Å²) in [5.74, 6) is 0.697. The zero-order valence-electron chi connectivity index (χ0n) is 14.5. The highest BCUT2D eigenvalue weighted by atomic mass is 16.5. The fourth-order valence-electron chi connectivity index (χ4n) is 2.61. The Morgan fingerprint density at radius 2 is 1.58 bits per heavy atom. The van der Waals surface area contributed by atoms with E-state index >= 15 is 0 Å². The molecule has 0 aromatic carbocycles. The standard InChI is InChI=1S/C10H20O.C7H16O/c1-6-9-7(2)10(4,5)8(3)11-9;1-4-7(5-2)8-6-3/h7-9H,6H2,1-5H3;7H,4-6H2,1-3H3/t7-,8?,9-;/m1./s1. The van der Waals surface area contributed by atoms with Crippen LogP contribution in [0, 0.1) is 11.3 Å². The molecule has 2 nitrogen and oxygen atoms in total. The Balaban J connectivity index is 0.000000362. The summed E-state index contributed by atoms with van der Waals surface area (Å²) in [5.41, 5.74) is 0.362. The Labute approximate surface area is 121 Å². The molecule has 19 heavy (non-hydrogen) atoms. The van der Waals surface area contributed by atoms with Crippen molar-refractivity contribution in [3.05, 3.63) is 0 Å². The van der Waals surface area contributed by atoms with Crippen LogP contribution in [-0.4, -0.2) is 24.9 Å². The zero-order chi connectivity index (χ0) is 15.1. The Hall–Kier alpha value is -0.0800. The van der Waals surface area contributed by atoms with Crippen molar-refractivity contribution in [3.8, 4) is 0 Å². The van der Waals surface area contributed by atoms with E-state index in [4.69, 9.17) is 9.47 Å². The molecule has 1 aliphatic heterocycles. The summed E-state index contributed by atoms with van der Waals surface area (Å²) < 4.78 is 11.2. The molecule has 0 saturated carbocycles. The Morgan fingerprint density at radius 3 is 1.74 bits per heavy atom. The summed E-state index contributed by atoms with van der Waals surface area (Å²) in [6.45, 7) is 18.5. The van der Waals surface area contributed by atoms with Crippen molar-refractivity contribution in [1.29, 1.82) is 0 Å². The fourth-order valence-corrected chi connectivity index (χ4v) is 2.61. The monoisotopic (exact) mass is 272 g/mol. The van der Waals surface area contributed by atoms with Crippen molar-refractivity contribution < 1.29 is 9.47 Å². The highest BCUT2D eigenvalue weighted by Crippen LogP contribution is 2.43. The first-order chi connectivity index (χ1) is 8.84. The van der Waals surface area contributed by atoms with Crippen LogP contribution in [0.1, 0.15) is 74.7 Å². The van der Waals surface area contributed by atoms with Gasteiger partial charge >= 0.3 is 0 Å². The van der Waals surface area contributed by atoms with E-state index < -0.39 is 0 Å². The molecule has 0 N–H and O–H groups in total. The van der Waals surface area contributed by atoms with Gasteiger partial charge in [0.25, 0.3) is 0 Å². The second-order valence-corrected chi connectivity index (χ2v) is 6.23. The van der Waals surface area contributed by atoms with Gasteiger partial charge in [-0.15, -0.1) is 0 Å². The smallest absolute Gasteiger partial charge is 0.0608 e. The van der Waals surface area contributed by atoms with E-state index in [1.165, 1.54) is 0 Å². The lowest BCUT2D eigenvalue weighted by Gasteiger charge is -2.26. The molecule has 1 unspecified atom stereocenters. The predicted octanol–water partition coefficient (Wildman–Crippen LogP) is 5.06. The lowest BCUT2D eigenvalue weighted by molar-refractivity contribution is 0.0291. The van der Waals surface area contributed by atoms with Gasteiger partial charge in [-0.05, 0) is 44.4 Å². The van der Waals surface area contributed by atoms with Crippen LogP contribution in [0.15, 0.2) is 0 Å². The molecule has 1 fully saturated rings. The normalized spacial score (nSPS) is 29.2. The molecule has 1 aliphatic rings. The van der Waals surface area contributed by atoms with Crippen molar-refractivity contribution in [1.82, 2.24) is 0 Å². The SMILES string of the molecule is CCOC(CC)CC.CC[C@H]1OC(C)C(C)(C)[C@@H]1C.